The van der Waals surface area contributed by atoms with Crippen molar-refractivity contribution in [2.24, 2.45) is 0 Å². The molecule has 0 spiro atoms. The van der Waals surface area contributed by atoms with Gasteiger partial charge in [0.05, 0.1) is 20.3 Å². The van der Waals surface area contributed by atoms with Crippen LogP contribution in [0.5, 0.6) is 11.5 Å². The summed E-state index contributed by atoms with van der Waals surface area (Å²) >= 11 is 0. The van der Waals surface area contributed by atoms with E-state index in [4.69, 9.17) is 14.0 Å². The van der Waals surface area contributed by atoms with Gasteiger partial charge in [-0.25, -0.2) is 0 Å². The number of nitrogens with zero attached hydrogens (tertiary/aromatic N) is 2. The topological polar surface area (TPSA) is 64.8 Å². The van der Waals surface area contributed by atoms with E-state index in [2.05, 4.69) is 5.16 Å². The fraction of sp³-hybridized carbons (Fsp3) is 0.474. The molecule has 1 aromatic carbocycles. The normalized spacial score (nSPS) is 19.9. The second-order valence-corrected chi connectivity index (χ2v) is 6.65. The van der Waals surface area contributed by atoms with Gasteiger partial charge in [-0.05, 0) is 37.8 Å². The molecule has 4 rings (SSSR count). The molecular formula is C19H22N2O4. The Balaban J connectivity index is 1.60. The average Bonchev–Trinajstić information content (AvgIpc) is 3.19. The van der Waals surface area contributed by atoms with Crippen LogP contribution >= 0.6 is 0 Å². The lowest BCUT2D eigenvalue weighted by Crippen LogP contribution is -2.31. The van der Waals surface area contributed by atoms with Crippen LogP contribution < -0.4 is 9.47 Å². The maximum absolute atomic E-state index is 12.9. The molecule has 132 valence electrons. The molecule has 2 aliphatic rings. The van der Waals surface area contributed by atoms with Crippen molar-refractivity contribution >= 4 is 5.91 Å². The van der Waals surface area contributed by atoms with Crippen LogP contribution in [0, 0.1) is 0 Å². The van der Waals surface area contributed by atoms with Gasteiger partial charge in [0.1, 0.15) is 17.3 Å². The van der Waals surface area contributed by atoms with E-state index in [9.17, 15) is 4.79 Å². The fourth-order valence-electron chi connectivity index (χ4n) is 3.52. The van der Waals surface area contributed by atoms with Crippen molar-refractivity contribution in [1.82, 2.24) is 10.1 Å². The van der Waals surface area contributed by atoms with Crippen molar-refractivity contribution in [3.8, 4) is 11.5 Å². The maximum Gasteiger partial charge on any atom is 0.276 e. The molecule has 1 aromatic heterocycles. The molecule has 1 saturated carbocycles. The first kappa shape index (κ1) is 16.0. The molecule has 0 radical (unpaired) electrons. The van der Waals surface area contributed by atoms with Gasteiger partial charge in [-0.2, -0.15) is 0 Å². The van der Waals surface area contributed by atoms with Gasteiger partial charge in [-0.15, -0.1) is 0 Å². The number of aromatic nitrogens is 1. The number of hydrogen-bond acceptors (Lipinski definition) is 5. The molecule has 2 heterocycles. The maximum atomic E-state index is 12.9. The molecule has 0 unspecified atom stereocenters. The third-order valence-corrected chi connectivity index (χ3v) is 5.04. The number of carbonyl (C=O) groups excluding carboxylic acids is 1. The Bertz CT molecular complexity index is 781. The smallest absolute Gasteiger partial charge is 0.276 e. The van der Waals surface area contributed by atoms with Crippen molar-refractivity contribution in [3.05, 3.63) is 41.3 Å². The van der Waals surface area contributed by atoms with Crippen LogP contribution in [0.4, 0.5) is 0 Å². The van der Waals surface area contributed by atoms with Crippen LogP contribution in [0.2, 0.25) is 0 Å². The molecule has 6 heteroatoms. The first-order valence-corrected chi connectivity index (χ1v) is 8.70. The largest absolute Gasteiger partial charge is 0.497 e. The Labute approximate surface area is 146 Å². The summed E-state index contributed by atoms with van der Waals surface area (Å²) in [6, 6.07) is 7.53. The van der Waals surface area contributed by atoms with Gasteiger partial charge in [0.25, 0.3) is 5.91 Å². The Morgan fingerprint density at radius 2 is 2.04 bits per heavy atom. The summed E-state index contributed by atoms with van der Waals surface area (Å²) in [4.78, 5) is 14.8. The molecule has 2 aromatic rings. The van der Waals surface area contributed by atoms with Gasteiger partial charge < -0.3 is 18.9 Å². The van der Waals surface area contributed by atoms with E-state index in [0.29, 0.717) is 18.2 Å². The lowest BCUT2D eigenvalue weighted by Gasteiger charge is -2.25. The quantitative estimate of drug-likeness (QED) is 0.831. The van der Waals surface area contributed by atoms with E-state index in [0.717, 1.165) is 48.5 Å². The SMILES string of the molecule is COc1ccc([C@@H]2CCCN2C(=O)c2cc(C3CC3)on2)c(OC)c1. The number of amides is 1. The van der Waals surface area contributed by atoms with Crippen LogP contribution in [0.1, 0.15) is 59.5 Å². The van der Waals surface area contributed by atoms with Crippen molar-refractivity contribution in [2.75, 3.05) is 20.8 Å². The number of methoxy groups -OCH3 is 2. The summed E-state index contributed by atoms with van der Waals surface area (Å²) in [6.07, 6.45) is 4.11. The minimum Gasteiger partial charge on any atom is -0.497 e. The molecule has 6 nitrogen and oxygen atoms in total. The fourth-order valence-corrected chi connectivity index (χ4v) is 3.52. The zero-order chi connectivity index (χ0) is 17.4. The number of benzene rings is 1. The lowest BCUT2D eigenvalue weighted by molar-refractivity contribution is 0.0723. The molecular weight excluding hydrogens is 320 g/mol. The third-order valence-electron chi connectivity index (χ3n) is 5.04. The number of hydrogen-bond donors (Lipinski definition) is 0. The summed E-state index contributed by atoms with van der Waals surface area (Å²) < 4.78 is 16.1. The predicted octanol–water partition coefficient (Wildman–Crippen LogP) is 3.55. The predicted molar refractivity (Wildman–Crippen MR) is 91.0 cm³/mol. The van der Waals surface area contributed by atoms with Crippen molar-refractivity contribution in [1.29, 1.82) is 0 Å². The van der Waals surface area contributed by atoms with Crippen LogP contribution in [-0.4, -0.2) is 36.7 Å². The van der Waals surface area contributed by atoms with Crippen LogP contribution in [0.15, 0.2) is 28.8 Å². The first-order valence-electron chi connectivity index (χ1n) is 8.70. The number of ether oxygens (including phenoxy) is 2. The Morgan fingerprint density at radius 3 is 2.76 bits per heavy atom. The van der Waals surface area contributed by atoms with Crippen molar-refractivity contribution in [2.45, 2.75) is 37.6 Å². The Hall–Kier alpha value is -2.50. The number of likely N-dealkylation sites (tertiary alicyclic amines) is 1. The van der Waals surface area contributed by atoms with Gasteiger partial charge in [0.15, 0.2) is 5.69 Å². The minimum atomic E-state index is -0.0731. The van der Waals surface area contributed by atoms with E-state index in [1.807, 2.05) is 23.1 Å². The molecule has 25 heavy (non-hydrogen) atoms. The van der Waals surface area contributed by atoms with Gasteiger partial charge in [0, 0.05) is 30.2 Å². The molecule has 0 bridgehead atoms. The minimum absolute atomic E-state index is 0.0190. The van der Waals surface area contributed by atoms with Crippen LogP contribution in [0.25, 0.3) is 0 Å². The van der Waals surface area contributed by atoms with E-state index in [1.54, 1.807) is 20.3 Å². The van der Waals surface area contributed by atoms with Gasteiger partial charge in [-0.1, -0.05) is 5.16 Å². The monoisotopic (exact) mass is 342 g/mol. The van der Waals surface area contributed by atoms with Gasteiger partial charge in [0.2, 0.25) is 0 Å². The van der Waals surface area contributed by atoms with Crippen LogP contribution in [0.3, 0.4) is 0 Å². The molecule has 1 atom stereocenters. The molecule has 1 aliphatic carbocycles. The van der Waals surface area contributed by atoms with E-state index in [-0.39, 0.29) is 11.9 Å². The van der Waals surface area contributed by atoms with Crippen molar-refractivity contribution in [3.63, 3.8) is 0 Å². The van der Waals surface area contributed by atoms with Crippen LogP contribution in [-0.2, 0) is 0 Å². The van der Waals surface area contributed by atoms with E-state index >= 15 is 0 Å². The summed E-state index contributed by atoms with van der Waals surface area (Å²) in [5.74, 6) is 2.69. The molecule has 1 aliphatic heterocycles. The average molecular weight is 342 g/mol. The summed E-state index contributed by atoms with van der Waals surface area (Å²) in [6.45, 7) is 0.713. The van der Waals surface area contributed by atoms with E-state index in [1.165, 1.54) is 0 Å². The van der Waals surface area contributed by atoms with Crippen molar-refractivity contribution < 1.29 is 18.8 Å². The highest BCUT2D eigenvalue weighted by Gasteiger charge is 2.35. The standard InChI is InChI=1S/C19H22N2O4/c1-23-13-7-8-14(18(10-13)24-2)16-4-3-9-21(16)19(22)15-11-17(25-20-15)12-5-6-12/h7-8,10-12,16H,3-6,9H2,1-2H3/t16-/m0/s1. The molecule has 0 N–H and O–H groups in total. The van der Waals surface area contributed by atoms with Gasteiger partial charge in [-0.3, -0.25) is 4.79 Å². The summed E-state index contributed by atoms with van der Waals surface area (Å²) in [5.41, 5.74) is 1.40. The third kappa shape index (κ3) is 2.97. The summed E-state index contributed by atoms with van der Waals surface area (Å²) in [5, 5.41) is 4.00. The second kappa shape index (κ2) is 6.43. The summed E-state index contributed by atoms with van der Waals surface area (Å²) in [7, 11) is 3.26. The molecule has 1 amide bonds. The highest BCUT2D eigenvalue weighted by molar-refractivity contribution is 5.92. The zero-order valence-electron chi connectivity index (χ0n) is 14.5. The number of carbonyl (C=O) groups is 1. The highest BCUT2D eigenvalue weighted by atomic mass is 16.5. The second-order valence-electron chi connectivity index (χ2n) is 6.65. The highest BCUT2D eigenvalue weighted by Crippen LogP contribution is 2.42. The molecule has 2 fully saturated rings. The first-order chi connectivity index (χ1) is 12.2. The lowest BCUT2D eigenvalue weighted by atomic mass is 10.0. The molecule has 1 saturated heterocycles. The number of rotatable bonds is 5. The Kier molecular flexibility index (Phi) is 4.11. The van der Waals surface area contributed by atoms with Gasteiger partial charge >= 0.3 is 0 Å². The zero-order valence-corrected chi connectivity index (χ0v) is 14.5. The van der Waals surface area contributed by atoms with E-state index < -0.39 is 0 Å². The Morgan fingerprint density at radius 1 is 1.20 bits per heavy atom.